The van der Waals surface area contributed by atoms with Crippen LogP contribution in [0.4, 0.5) is 5.69 Å². The Balaban J connectivity index is 2.15. The third-order valence-corrected chi connectivity index (χ3v) is 4.32. The van der Waals surface area contributed by atoms with Gasteiger partial charge >= 0.3 is 0 Å². The van der Waals surface area contributed by atoms with Gasteiger partial charge in [-0.15, -0.1) is 0 Å². The van der Waals surface area contributed by atoms with Crippen molar-refractivity contribution in [3.05, 3.63) is 59.7 Å². The molecule has 0 aliphatic carbocycles. The van der Waals surface area contributed by atoms with Gasteiger partial charge in [-0.2, -0.15) is 0 Å². The van der Waals surface area contributed by atoms with E-state index in [2.05, 4.69) is 4.72 Å². The minimum Gasteiger partial charge on any atom is -0.508 e. The zero-order valence-corrected chi connectivity index (χ0v) is 10.7. The summed E-state index contributed by atoms with van der Waals surface area (Å²) in [5.74, 6) is 0.148. The molecule has 2 aromatic rings. The highest BCUT2D eigenvalue weighted by Crippen LogP contribution is 2.37. The van der Waals surface area contributed by atoms with Gasteiger partial charge in [0.1, 0.15) is 5.75 Å². The zero-order valence-electron chi connectivity index (χ0n) is 9.87. The van der Waals surface area contributed by atoms with E-state index in [9.17, 15) is 13.5 Å². The van der Waals surface area contributed by atoms with Crippen LogP contribution < -0.4 is 4.72 Å². The third-order valence-electron chi connectivity index (χ3n) is 2.92. The Kier molecular flexibility index (Phi) is 2.57. The monoisotopic (exact) mass is 273 g/mol. The van der Waals surface area contributed by atoms with E-state index >= 15 is 0 Å². The maximum Gasteiger partial charge on any atom is 0.262 e. The van der Waals surface area contributed by atoms with E-state index in [1.54, 1.807) is 42.5 Å². The molecule has 1 aliphatic heterocycles. The second kappa shape index (κ2) is 4.13. The van der Waals surface area contributed by atoms with Crippen LogP contribution in [0.15, 0.2) is 48.5 Å². The Morgan fingerprint density at radius 1 is 1.00 bits per heavy atom. The average molecular weight is 273 g/mol. The van der Waals surface area contributed by atoms with E-state index in [0.29, 0.717) is 11.3 Å². The van der Waals surface area contributed by atoms with Crippen LogP contribution >= 0.6 is 0 Å². The molecule has 0 unspecified atom stereocenters. The van der Waals surface area contributed by atoms with E-state index in [1.807, 2.05) is 0 Å². The number of aromatic hydroxyl groups is 1. The van der Waals surface area contributed by atoms with E-state index in [4.69, 9.17) is 0 Å². The first kappa shape index (κ1) is 11.8. The first-order valence-corrected chi connectivity index (χ1v) is 7.17. The molecule has 0 amide bonds. The van der Waals surface area contributed by atoms with Crippen LogP contribution in [0.3, 0.4) is 0 Å². The molecule has 0 radical (unpaired) electrons. The molecule has 2 aromatic carbocycles. The van der Waals surface area contributed by atoms with Crippen LogP contribution in [0.5, 0.6) is 5.75 Å². The molecule has 3 rings (SSSR count). The van der Waals surface area contributed by atoms with Crippen molar-refractivity contribution in [1.82, 2.24) is 0 Å². The number of fused-ring (bicyclic) bond motifs is 1. The molecule has 1 heterocycles. The topological polar surface area (TPSA) is 66.4 Å². The van der Waals surface area contributed by atoms with Gasteiger partial charge in [0.05, 0.1) is 10.6 Å². The third kappa shape index (κ3) is 2.08. The Bertz CT molecular complexity index is 762. The highest BCUT2D eigenvalue weighted by atomic mass is 32.2. The van der Waals surface area contributed by atoms with Crippen molar-refractivity contribution in [2.45, 2.75) is 0 Å². The van der Waals surface area contributed by atoms with Crippen molar-refractivity contribution >= 4 is 26.7 Å². The van der Waals surface area contributed by atoms with E-state index in [1.165, 1.54) is 12.1 Å². The Morgan fingerprint density at radius 3 is 2.42 bits per heavy atom. The molecule has 0 saturated heterocycles. The van der Waals surface area contributed by atoms with Crippen molar-refractivity contribution < 1.29 is 13.5 Å². The number of hydrogen-bond acceptors (Lipinski definition) is 3. The highest BCUT2D eigenvalue weighted by molar-refractivity contribution is 8.02. The van der Waals surface area contributed by atoms with Crippen molar-refractivity contribution in [1.29, 1.82) is 0 Å². The van der Waals surface area contributed by atoms with Gasteiger partial charge in [-0.05, 0) is 29.8 Å². The van der Waals surface area contributed by atoms with Gasteiger partial charge < -0.3 is 5.11 Å². The Labute approximate surface area is 111 Å². The van der Waals surface area contributed by atoms with Gasteiger partial charge in [-0.3, -0.25) is 4.72 Å². The molecule has 0 bridgehead atoms. The van der Waals surface area contributed by atoms with Crippen LogP contribution in [0.1, 0.15) is 11.1 Å². The van der Waals surface area contributed by atoms with E-state index in [-0.39, 0.29) is 10.7 Å². The number of hydrogen-bond donors (Lipinski definition) is 2. The minimum absolute atomic E-state index is 0.148. The number of anilines is 1. The molecule has 2 N–H and O–H groups in total. The summed E-state index contributed by atoms with van der Waals surface area (Å²) in [4.78, 5) is 0.244. The fourth-order valence-electron chi connectivity index (χ4n) is 2.01. The molecule has 96 valence electrons. The number of benzene rings is 2. The maximum atomic E-state index is 12.1. The summed E-state index contributed by atoms with van der Waals surface area (Å²) < 4.78 is 26.6. The summed E-state index contributed by atoms with van der Waals surface area (Å²) in [5, 5.41) is 9.23. The summed E-state index contributed by atoms with van der Waals surface area (Å²) in [6.07, 6.45) is 1.59. The summed E-state index contributed by atoms with van der Waals surface area (Å²) in [6, 6.07) is 13.4. The average Bonchev–Trinajstić information content (AvgIpc) is 2.63. The van der Waals surface area contributed by atoms with E-state index < -0.39 is 10.0 Å². The molecular weight excluding hydrogens is 262 g/mol. The van der Waals surface area contributed by atoms with Crippen molar-refractivity contribution in [3.8, 4) is 5.75 Å². The largest absolute Gasteiger partial charge is 0.508 e. The Hall–Kier alpha value is -2.27. The number of nitrogens with one attached hydrogen (secondary N) is 1. The fourth-order valence-corrected chi connectivity index (χ4v) is 3.34. The second-order valence-electron chi connectivity index (χ2n) is 4.25. The lowest BCUT2D eigenvalue weighted by Crippen LogP contribution is -2.05. The smallest absolute Gasteiger partial charge is 0.262 e. The SMILES string of the molecule is O=S1(=O)Nc2ccccc2C1=Cc1ccc(O)cc1. The molecule has 0 fully saturated rings. The van der Waals surface area contributed by atoms with Crippen LogP contribution in [0.25, 0.3) is 11.0 Å². The quantitative estimate of drug-likeness (QED) is 0.839. The van der Waals surface area contributed by atoms with Crippen molar-refractivity contribution in [3.63, 3.8) is 0 Å². The lowest BCUT2D eigenvalue weighted by atomic mass is 10.1. The van der Waals surface area contributed by atoms with Crippen molar-refractivity contribution in [2.24, 2.45) is 0 Å². The van der Waals surface area contributed by atoms with Gasteiger partial charge in [-0.1, -0.05) is 30.3 Å². The molecular formula is C14H11NO3S. The predicted molar refractivity (Wildman–Crippen MR) is 75.0 cm³/mol. The van der Waals surface area contributed by atoms with Crippen LogP contribution in [0.2, 0.25) is 0 Å². The van der Waals surface area contributed by atoms with Gasteiger partial charge in [0.25, 0.3) is 10.0 Å². The molecule has 4 nitrogen and oxygen atoms in total. The van der Waals surface area contributed by atoms with Crippen molar-refractivity contribution in [2.75, 3.05) is 4.72 Å². The van der Waals surface area contributed by atoms with Crippen LogP contribution in [-0.2, 0) is 10.0 Å². The Morgan fingerprint density at radius 2 is 1.68 bits per heavy atom. The molecule has 0 saturated carbocycles. The number of sulfonamides is 1. The minimum atomic E-state index is -3.51. The summed E-state index contributed by atoms with van der Waals surface area (Å²) in [5.41, 5.74) is 1.97. The molecule has 0 aromatic heterocycles. The normalized spacial score (nSPS) is 18.0. The lowest BCUT2D eigenvalue weighted by Gasteiger charge is -1.99. The maximum absolute atomic E-state index is 12.1. The molecule has 19 heavy (non-hydrogen) atoms. The molecule has 0 spiro atoms. The van der Waals surface area contributed by atoms with Crippen LogP contribution in [-0.4, -0.2) is 13.5 Å². The van der Waals surface area contributed by atoms with Gasteiger partial charge in [0, 0.05) is 5.56 Å². The first-order chi connectivity index (χ1) is 9.06. The fraction of sp³-hybridized carbons (Fsp3) is 0. The number of para-hydroxylation sites is 1. The van der Waals surface area contributed by atoms with E-state index in [0.717, 1.165) is 5.56 Å². The molecule has 0 atom stereocenters. The van der Waals surface area contributed by atoms with Gasteiger partial charge in [0.15, 0.2) is 0 Å². The number of phenols is 1. The summed E-state index contributed by atoms with van der Waals surface area (Å²) >= 11 is 0. The molecule has 1 aliphatic rings. The lowest BCUT2D eigenvalue weighted by molar-refractivity contribution is 0.475. The molecule has 5 heteroatoms. The number of phenolic OH excluding ortho intramolecular Hbond substituents is 1. The van der Waals surface area contributed by atoms with Gasteiger partial charge in [-0.25, -0.2) is 8.42 Å². The highest BCUT2D eigenvalue weighted by Gasteiger charge is 2.29. The summed E-state index contributed by atoms with van der Waals surface area (Å²) in [7, 11) is -3.51. The number of rotatable bonds is 1. The zero-order chi connectivity index (χ0) is 13.5. The first-order valence-electron chi connectivity index (χ1n) is 5.69. The standard InChI is InChI=1S/C14H11NO3S/c16-11-7-5-10(6-8-11)9-14-12-3-1-2-4-13(12)15-19(14,17)18/h1-9,15-16H. The predicted octanol–water partition coefficient (Wildman–Crippen LogP) is 2.65. The second-order valence-corrected chi connectivity index (χ2v) is 5.90. The van der Waals surface area contributed by atoms with Crippen LogP contribution in [0, 0.1) is 0 Å². The summed E-state index contributed by atoms with van der Waals surface area (Å²) in [6.45, 7) is 0. The van der Waals surface area contributed by atoms with Gasteiger partial charge in [0.2, 0.25) is 0 Å².